The molecular formula is C39H39N5O3. The number of amides is 1. The van der Waals surface area contributed by atoms with E-state index in [-0.39, 0.29) is 23.9 Å². The Hall–Kier alpha value is -5.50. The van der Waals surface area contributed by atoms with Crippen LogP contribution in [0, 0.1) is 20.8 Å². The molecule has 6 rings (SSSR count). The van der Waals surface area contributed by atoms with E-state index in [1.165, 1.54) is 4.68 Å². The smallest absolute Gasteiger partial charge is 0.282 e. The SMILES string of the molecule is CCOc1cc(C)c(-c2nc3ccccc3c(=O)n2N=Cc2c(C)n(CC(=O)Nc3ccccc3C)c3ccccc23)cc1C(C)C. The van der Waals surface area contributed by atoms with Crippen LogP contribution in [0.3, 0.4) is 0 Å². The molecule has 0 spiro atoms. The molecule has 238 valence electrons. The minimum Gasteiger partial charge on any atom is -0.494 e. The number of nitrogens with one attached hydrogen (secondary N) is 1. The van der Waals surface area contributed by atoms with Gasteiger partial charge in [-0.2, -0.15) is 9.78 Å². The molecule has 1 N–H and O–H groups in total. The van der Waals surface area contributed by atoms with E-state index in [4.69, 9.17) is 14.8 Å². The first-order chi connectivity index (χ1) is 22.7. The molecule has 0 bridgehead atoms. The van der Waals surface area contributed by atoms with Gasteiger partial charge in [0.1, 0.15) is 12.3 Å². The fraction of sp³-hybridized carbons (Fsp3) is 0.231. The lowest BCUT2D eigenvalue weighted by molar-refractivity contribution is -0.116. The van der Waals surface area contributed by atoms with Crippen molar-refractivity contribution in [1.29, 1.82) is 0 Å². The summed E-state index contributed by atoms with van der Waals surface area (Å²) in [5, 5.41) is 9.28. The van der Waals surface area contributed by atoms with E-state index >= 15 is 0 Å². The Morgan fingerprint density at radius 2 is 1.64 bits per heavy atom. The van der Waals surface area contributed by atoms with Crippen molar-refractivity contribution >= 4 is 39.6 Å². The largest absolute Gasteiger partial charge is 0.494 e. The first-order valence-electron chi connectivity index (χ1n) is 15.9. The molecule has 8 nitrogen and oxygen atoms in total. The quantitative estimate of drug-likeness (QED) is 0.165. The van der Waals surface area contributed by atoms with Crippen LogP contribution in [0.4, 0.5) is 5.69 Å². The van der Waals surface area contributed by atoms with Crippen LogP contribution in [0.2, 0.25) is 0 Å². The Bertz CT molecular complexity index is 2220. The fourth-order valence-electron chi connectivity index (χ4n) is 6.06. The van der Waals surface area contributed by atoms with Crippen LogP contribution in [-0.2, 0) is 11.3 Å². The van der Waals surface area contributed by atoms with Crippen LogP contribution in [-0.4, -0.2) is 33.0 Å². The number of hydrogen-bond donors (Lipinski definition) is 1. The average molecular weight is 626 g/mol. The number of ether oxygens (including phenoxy) is 1. The molecule has 8 heteroatoms. The Morgan fingerprint density at radius 3 is 2.38 bits per heavy atom. The van der Waals surface area contributed by atoms with E-state index in [0.717, 1.165) is 55.9 Å². The molecule has 0 unspecified atom stereocenters. The van der Waals surface area contributed by atoms with E-state index in [1.807, 2.05) is 105 Å². The predicted molar refractivity (Wildman–Crippen MR) is 191 cm³/mol. The lowest BCUT2D eigenvalue weighted by atomic mass is 9.96. The minimum absolute atomic E-state index is 0.126. The van der Waals surface area contributed by atoms with Gasteiger partial charge in [0.2, 0.25) is 5.91 Å². The monoisotopic (exact) mass is 625 g/mol. The molecule has 0 aliphatic rings. The summed E-state index contributed by atoms with van der Waals surface area (Å²) in [6.07, 6.45) is 1.71. The molecule has 2 aromatic heterocycles. The van der Waals surface area contributed by atoms with Crippen LogP contribution in [0.15, 0.2) is 94.8 Å². The van der Waals surface area contributed by atoms with Gasteiger partial charge < -0.3 is 14.6 Å². The zero-order valence-electron chi connectivity index (χ0n) is 27.7. The van der Waals surface area contributed by atoms with Gasteiger partial charge in [0.05, 0.1) is 23.7 Å². The van der Waals surface area contributed by atoms with Gasteiger partial charge in [-0.05, 0) is 86.7 Å². The fourth-order valence-corrected chi connectivity index (χ4v) is 6.06. The van der Waals surface area contributed by atoms with E-state index in [2.05, 4.69) is 25.2 Å². The van der Waals surface area contributed by atoms with Gasteiger partial charge in [-0.25, -0.2) is 4.98 Å². The number of aryl methyl sites for hydroxylation is 2. The average Bonchev–Trinajstić information content (AvgIpc) is 3.31. The minimum atomic E-state index is -0.264. The van der Waals surface area contributed by atoms with Crippen molar-refractivity contribution in [2.45, 2.75) is 54.0 Å². The third-order valence-corrected chi connectivity index (χ3v) is 8.58. The molecule has 4 aromatic carbocycles. The molecule has 1 amide bonds. The van der Waals surface area contributed by atoms with Gasteiger partial charge in [-0.15, -0.1) is 0 Å². The first kappa shape index (κ1) is 31.5. The second-order valence-corrected chi connectivity index (χ2v) is 12.1. The maximum atomic E-state index is 14.1. The molecule has 0 fully saturated rings. The molecule has 0 radical (unpaired) electrons. The van der Waals surface area contributed by atoms with E-state index in [1.54, 1.807) is 12.3 Å². The number of carbonyl (C=O) groups excluding carboxylic acids is 1. The molecule has 0 aliphatic heterocycles. The molecule has 2 heterocycles. The van der Waals surface area contributed by atoms with Gasteiger partial charge in [0.15, 0.2) is 5.82 Å². The molecular weight excluding hydrogens is 586 g/mol. The van der Waals surface area contributed by atoms with Gasteiger partial charge in [0, 0.05) is 33.4 Å². The normalized spacial score (nSPS) is 11.6. The van der Waals surface area contributed by atoms with Crippen molar-refractivity contribution in [2.75, 3.05) is 11.9 Å². The lowest BCUT2D eigenvalue weighted by Crippen LogP contribution is -2.21. The number of carbonyl (C=O) groups is 1. The molecule has 0 saturated carbocycles. The van der Waals surface area contributed by atoms with Crippen LogP contribution >= 0.6 is 0 Å². The highest BCUT2D eigenvalue weighted by Crippen LogP contribution is 2.34. The number of rotatable bonds is 9. The lowest BCUT2D eigenvalue weighted by Gasteiger charge is -2.18. The Balaban J connectivity index is 1.48. The Morgan fingerprint density at radius 1 is 0.936 bits per heavy atom. The van der Waals surface area contributed by atoms with Gasteiger partial charge in [-0.3, -0.25) is 9.59 Å². The van der Waals surface area contributed by atoms with Crippen molar-refractivity contribution in [3.05, 3.63) is 123 Å². The summed E-state index contributed by atoms with van der Waals surface area (Å²) >= 11 is 0. The summed E-state index contributed by atoms with van der Waals surface area (Å²) in [5.41, 5.74) is 7.48. The van der Waals surface area contributed by atoms with E-state index in [9.17, 15) is 9.59 Å². The van der Waals surface area contributed by atoms with E-state index < -0.39 is 0 Å². The zero-order valence-corrected chi connectivity index (χ0v) is 27.7. The molecule has 0 atom stereocenters. The molecule has 6 aromatic rings. The number of benzene rings is 4. The van der Waals surface area contributed by atoms with Gasteiger partial charge in [-0.1, -0.05) is 62.4 Å². The second-order valence-electron chi connectivity index (χ2n) is 12.1. The third-order valence-electron chi connectivity index (χ3n) is 8.58. The number of nitrogens with zero attached hydrogens (tertiary/aromatic N) is 4. The van der Waals surface area contributed by atoms with Crippen molar-refractivity contribution < 1.29 is 9.53 Å². The van der Waals surface area contributed by atoms with Gasteiger partial charge >= 0.3 is 0 Å². The summed E-state index contributed by atoms with van der Waals surface area (Å²) in [6, 6.07) is 27.1. The first-order valence-corrected chi connectivity index (χ1v) is 15.9. The van der Waals surface area contributed by atoms with Crippen LogP contribution in [0.25, 0.3) is 33.2 Å². The second kappa shape index (κ2) is 13.1. The number of aromatic nitrogens is 3. The summed E-state index contributed by atoms with van der Waals surface area (Å²) in [4.78, 5) is 32.3. The summed E-state index contributed by atoms with van der Waals surface area (Å²) in [5.74, 6) is 1.34. The number of para-hydroxylation sites is 3. The zero-order chi connectivity index (χ0) is 33.2. The van der Waals surface area contributed by atoms with Crippen molar-refractivity contribution in [3.63, 3.8) is 0 Å². The number of fused-ring (bicyclic) bond motifs is 2. The maximum Gasteiger partial charge on any atom is 0.282 e. The predicted octanol–water partition coefficient (Wildman–Crippen LogP) is 7.99. The molecule has 0 aliphatic carbocycles. The standard InChI is InChI=1S/C39H39N5O3/c1-7-47-36-20-26(5)31(21-30(36)24(2)3)38-42-34-18-12-9-16-29(34)39(46)44(38)40-22-32-27(6)43(35-19-13-10-15-28(32)35)23-37(45)41-33-17-11-8-14-25(33)4/h8-22,24H,7,23H2,1-6H3,(H,41,45). The highest BCUT2D eigenvalue weighted by molar-refractivity contribution is 6.02. The van der Waals surface area contributed by atoms with Gasteiger partial charge in [0.25, 0.3) is 5.56 Å². The maximum absolute atomic E-state index is 14.1. The topological polar surface area (TPSA) is 90.5 Å². The van der Waals surface area contributed by atoms with E-state index in [0.29, 0.717) is 23.3 Å². The summed E-state index contributed by atoms with van der Waals surface area (Å²) in [7, 11) is 0. The van der Waals surface area contributed by atoms with Crippen LogP contribution < -0.4 is 15.6 Å². The molecule has 0 saturated heterocycles. The Labute approximate surface area is 274 Å². The van der Waals surface area contributed by atoms with Crippen LogP contribution in [0.5, 0.6) is 5.75 Å². The third kappa shape index (κ3) is 6.06. The highest BCUT2D eigenvalue weighted by atomic mass is 16.5. The number of hydrogen-bond acceptors (Lipinski definition) is 5. The summed E-state index contributed by atoms with van der Waals surface area (Å²) in [6.45, 7) is 12.8. The highest BCUT2D eigenvalue weighted by Gasteiger charge is 2.20. The van der Waals surface area contributed by atoms with Crippen molar-refractivity contribution in [1.82, 2.24) is 14.2 Å². The number of anilines is 1. The van der Waals surface area contributed by atoms with Crippen molar-refractivity contribution in [3.8, 4) is 17.1 Å². The molecule has 47 heavy (non-hydrogen) atoms. The van der Waals surface area contributed by atoms with Crippen molar-refractivity contribution in [2.24, 2.45) is 5.10 Å². The Kier molecular flexibility index (Phi) is 8.76. The van der Waals surface area contributed by atoms with Crippen LogP contribution in [0.1, 0.15) is 54.6 Å². The summed E-state index contributed by atoms with van der Waals surface area (Å²) < 4.78 is 9.35.